The number of nitrogens with zero attached hydrogens (tertiary/aromatic N) is 1. The lowest BCUT2D eigenvalue weighted by molar-refractivity contribution is 0.0741. The van der Waals surface area contributed by atoms with Crippen LogP contribution in [0.3, 0.4) is 0 Å². The molecule has 4 N–H and O–H groups in total. The van der Waals surface area contributed by atoms with E-state index in [4.69, 9.17) is 17.3 Å². The van der Waals surface area contributed by atoms with Gasteiger partial charge in [0.15, 0.2) is 9.84 Å². The smallest absolute Gasteiger partial charge is 0.264 e. The highest BCUT2D eigenvalue weighted by Gasteiger charge is 2.62. The molecule has 1 aliphatic carbocycles. The summed E-state index contributed by atoms with van der Waals surface area (Å²) >= 11 is 7.11. The van der Waals surface area contributed by atoms with Crippen LogP contribution in [-0.2, 0) is 22.8 Å². The zero-order valence-corrected chi connectivity index (χ0v) is 22.1. The lowest BCUT2D eigenvalue weighted by Gasteiger charge is -2.37. The Hall–Kier alpha value is -1.98. The van der Waals surface area contributed by atoms with E-state index in [0.717, 1.165) is 5.56 Å². The summed E-state index contributed by atoms with van der Waals surface area (Å²) in [5, 5.41) is 14.7. The summed E-state index contributed by atoms with van der Waals surface area (Å²) in [7, 11) is -3.73. The number of amides is 2. The number of rotatable bonds is 9. The molecule has 4 rings (SSSR count). The highest BCUT2D eigenvalue weighted by atomic mass is 35.5. The van der Waals surface area contributed by atoms with Crippen LogP contribution in [0.2, 0.25) is 5.02 Å². The van der Waals surface area contributed by atoms with E-state index in [1.54, 1.807) is 22.4 Å². The van der Waals surface area contributed by atoms with Crippen LogP contribution in [0.1, 0.15) is 57.8 Å². The van der Waals surface area contributed by atoms with Crippen molar-refractivity contribution in [2.45, 2.75) is 55.2 Å². The van der Waals surface area contributed by atoms with Crippen molar-refractivity contribution in [1.29, 1.82) is 0 Å². The minimum absolute atomic E-state index is 0.0885. The molecular formula is C24H30ClN3O5S2. The fraction of sp³-hybridized carbons (Fsp3) is 0.500. The van der Waals surface area contributed by atoms with Gasteiger partial charge >= 0.3 is 0 Å². The van der Waals surface area contributed by atoms with E-state index in [-0.39, 0.29) is 18.4 Å². The number of halogens is 1. The lowest BCUT2D eigenvalue weighted by Crippen LogP contribution is -2.57. The standard InChI is InChI=1S/C24H30ClN3O5S2/c1-23(2,19(26)12-29)35(32,33)24(8-9-24)14-28-10-7-17-18(13-34-20(17)22(28)31)21(30)27-11-15-3-5-16(25)6-4-15/h3-6,13,19,29H,7-12,14,26H2,1-2H3,(H,27,30)/t19-/m0/s1. The maximum Gasteiger partial charge on any atom is 0.264 e. The predicted molar refractivity (Wildman–Crippen MR) is 137 cm³/mol. The van der Waals surface area contributed by atoms with Gasteiger partial charge in [-0.3, -0.25) is 9.59 Å². The molecule has 2 aliphatic rings. The second-order valence-electron chi connectivity index (χ2n) is 9.82. The number of nitrogens with two attached hydrogens (primary N) is 1. The van der Waals surface area contributed by atoms with Crippen LogP contribution in [0.4, 0.5) is 0 Å². The molecule has 190 valence electrons. The zero-order valence-electron chi connectivity index (χ0n) is 19.7. The number of thiophene rings is 1. The predicted octanol–water partition coefficient (Wildman–Crippen LogP) is 2.38. The van der Waals surface area contributed by atoms with Crippen LogP contribution in [0.25, 0.3) is 0 Å². The summed E-state index contributed by atoms with van der Waals surface area (Å²) in [6, 6.07) is 6.27. The maximum absolute atomic E-state index is 13.5. The normalized spacial score (nSPS) is 18.2. The molecule has 0 unspecified atom stereocenters. The zero-order chi connectivity index (χ0) is 25.6. The van der Waals surface area contributed by atoms with Crippen molar-refractivity contribution in [1.82, 2.24) is 10.2 Å². The highest BCUT2D eigenvalue weighted by Crippen LogP contribution is 2.50. The van der Waals surface area contributed by atoms with Gasteiger partial charge in [-0.25, -0.2) is 8.42 Å². The molecule has 1 aromatic carbocycles. The second-order valence-corrected chi connectivity index (χ2v) is 14.1. The Kier molecular flexibility index (Phi) is 7.07. The molecule has 0 saturated heterocycles. The van der Waals surface area contributed by atoms with Gasteiger partial charge < -0.3 is 21.1 Å². The number of aliphatic hydroxyl groups is 1. The Morgan fingerprint density at radius 1 is 1.31 bits per heavy atom. The van der Waals surface area contributed by atoms with Gasteiger partial charge in [-0.1, -0.05) is 23.7 Å². The summed E-state index contributed by atoms with van der Waals surface area (Å²) in [5.74, 6) is -0.501. The van der Waals surface area contributed by atoms with E-state index in [2.05, 4.69) is 5.32 Å². The van der Waals surface area contributed by atoms with Gasteiger partial charge in [0.1, 0.15) is 0 Å². The van der Waals surface area contributed by atoms with Gasteiger partial charge in [0.05, 0.1) is 26.5 Å². The number of carbonyl (C=O) groups excluding carboxylic acids is 2. The maximum atomic E-state index is 13.5. The molecule has 0 spiro atoms. The van der Waals surface area contributed by atoms with Crippen LogP contribution in [-0.4, -0.2) is 65.5 Å². The van der Waals surface area contributed by atoms with E-state index in [0.29, 0.717) is 53.4 Å². The number of aliphatic hydroxyl groups excluding tert-OH is 1. The minimum atomic E-state index is -3.73. The second kappa shape index (κ2) is 9.48. The molecule has 8 nitrogen and oxygen atoms in total. The first-order valence-electron chi connectivity index (χ1n) is 11.5. The van der Waals surface area contributed by atoms with Crippen molar-refractivity contribution < 1.29 is 23.1 Å². The third kappa shape index (κ3) is 4.62. The van der Waals surface area contributed by atoms with Crippen molar-refractivity contribution in [3.8, 4) is 0 Å². The lowest BCUT2D eigenvalue weighted by atomic mass is 10.0. The molecule has 11 heteroatoms. The third-order valence-corrected chi connectivity index (χ3v) is 11.9. The van der Waals surface area contributed by atoms with Crippen molar-refractivity contribution in [3.63, 3.8) is 0 Å². The monoisotopic (exact) mass is 539 g/mol. The topological polar surface area (TPSA) is 130 Å². The molecule has 1 atom stereocenters. The summed E-state index contributed by atoms with van der Waals surface area (Å²) in [6.45, 7) is 3.40. The van der Waals surface area contributed by atoms with Crippen LogP contribution in [0, 0.1) is 0 Å². The molecule has 0 radical (unpaired) electrons. The van der Waals surface area contributed by atoms with Crippen molar-refractivity contribution >= 4 is 44.6 Å². The van der Waals surface area contributed by atoms with Crippen LogP contribution in [0.15, 0.2) is 29.6 Å². The number of benzene rings is 1. The summed E-state index contributed by atoms with van der Waals surface area (Å²) in [6.07, 6.45) is 1.39. The first-order chi connectivity index (χ1) is 16.4. The molecule has 1 aliphatic heterocycles. The Bertz CT molecular complexity index is 1240. The molecular weight excluding hydrogens is 510 g/mol. The third-order valence-electron chi connectivity index (χ3n) is 7.26. The molecule has 2 amide bonds. The fourth-order valence-corrected chi connectivity index (χ4v) is 8.25. The van der Waals surface area contributed by atoms with Gasteiger partial charge in [-0.2, -0.15) is 0 Å². The van der Waals surface area contributed by atoms with Crippen LogP contribution < -0.4 is 11.1 Å². The Morgan fingerprint density at radius 3 is 2.57 bits per heavy atom. The molecule has 2 aromatic rings. The number of fused-ring (bicyclic) bond motifs is 1. The molecule has 35 heavy (non-hydrogen) atoms. The largest absolute Gasteiger partial charge is 0.395 e. The number of nitrogens with one attached hydrogen (secondary N) is 1. The first-order valence-corrected chi connectivity index (χ1v) is 14.2. The van der Waals surface area contributed by atoms with Gasteiger partial charge in [-0.05, 0) is 56.4 Å². The quantitative estimate of drug-likeness (QED) is 0.448. The number of carbonyl (C=O) groups is 2. The van der Waals surface area contributed by atoms with Crippen molar-refractivity contribution in [2.75, 3.05) is 19.7 Å². The SMILES string of the molecule is CC(C)([C@@H](N)CO)S(=O)(=O)C1(CN2CCc3c(C(=O)NCc4ccc(Cl)cc4)csc3C2=O)CC1. The average molecular weight is 540 g/mol. The van der Waals surface area contributed by atoms with Crippen molar-refractivity contribution in [2.24, 2.45) is 5.73 Å². The minimum Gasteiger partial charge on any atom is -0.395 e. The van der Waals surface area contributed by atoms with E-state index in [1.807, 2.05) is 12.1 Å². The Labute approximate surface area is 214 Å². The van der Waals surface area contributed by atoms with Gasteiger partial charge in [0, 0.05) is 36.1 Å². The molecule has 1 aromatic heterocycles. The first kappa shape index (κ1) is 26.1. The molecule has 0 bridgehead atoms. The summed E-state index contributed by atoms with van der Waals surface area (Å²) < 4.78 is 24.6. The number of sulfone groups is 1. The van der Waals surface area contributed by atoms with Crippen LogP contribution in [0.5, 0.6) is 0 Å². The summed E-state index contributed by atoms with van der Waals surface area (Å²) in [4.78, 5) is 28.1. The van der Waals surface area contributed by atoms with Crippen LogP contribution >= 0.6 is 22.9 Å². The number of hydrogen-bond donors (Lipinski definition) is 3. The van der Waals surface area contributed by atoms with E-state index in [1.165, 1.54) is 25.2 Å². The van der Waals surface area contributed by atoms with E-state index < -0.39 is 32.0 Å². The average Bonchev–Trinajstić information content (AvgIpc) is 3.50. The van der Waals surface area contributed by atoms with Gasteiger partial charge in [0.25, 0.3) is 11.8 Å². The fourth-order valence-electron chi connectivity index (χ4n) is 4.50. The molecule has 1 fully saturated rings. The Balaban J connectivity index is 1.47. The van der Waals surface area contributed by atoms with Gasteiger partial charge in [-0.15, -0.1) is 11.3 Å². The molecule has 1 saturated carbocycles. The van der Waals surface area contributed by atoms with E-state index in [9.17, 15) is 23.1 Å². The van der Waals surface area contributed by atoms with Crippen molar-refractivity contribution in [3.05, 3.63) is 56.2 Å². The molecule has 2 heterocycles. The number of hydrogen-bond acceptors (Lipinski definition) is 7. The van der Waals surface area contributed by atoms with E-state index >= 15 is 0 Å². The Morgan fingerprint density at radius 2 is 1.97 bits per heavy atom. The summed E-state index contributed by atoms with van der Waals surface area (Å²) in [5.41, 5.74) is 8.03. The van der Waals surface area contributed by atoms with Gasteiger partial charge in [0.2, 0.25) is 0 Å². The highest BCUT2D eigenvalue weighted by molar-refractivity contribution is 7.94.